The second kappa shape index (κ2) is 7.81. The average molecular weight is 440 g/mol. The van der Waals surface area contributed by atoms with E-state index in [2.05, 4.69) is 58.6 Å². The highest BCUT2D eigenvalue weighted by Crippen LogP contribution is 2.42. The van der Waals surface area contributed by atoms with E-state index in [1.165, 1.54) is 22.7 Å². The summed E-state index contributed by atoms with van der Waals surface area (Å²) in [7, 11) is 0. The second-order valence-corrected chi connectivity index (χ2v) is 8.48. The van der Waals surface area contributed by atoms with Crippen molar-refractivity contribution in [1.82, 2.24) is 9.88 Å². The van der Waals surface area contributed by atoms with E-state index in [0.717, 1.165) is 41.1 Å². The molecule has 33 heavy (non-hydrogen) atoms. The van der Waals surface area contributed by atoms with Gasteiger partial charge in [-0.2, -0.15) is 0 Å². The maximum absolute atomic E-state index is 9.78. The Hall–Kier alpha value is -4.06. The summed E-state index contributed by atoms with van der Waals surface area (Å²) in [5.41, 5.74) is 5.79. The van der Waals surface area contributed by atoms with Crippen molar-refractivity contribution in [2.24, 2.45) is 0 Å². The van der Waals surface area contributed by atoms with Gasteiger partial charge in [0.15, 0.2) is 23.0 Å². The first kappa shape index (κ1) is 19.6. The number of phenols is 2. The number of hydrogen-bond acceptors (Lipinski definition) is 5. The fourth-order valence-electron chi connectivity index (χ4n) is 4.88. The Kier molecular flexibility index (Phi) is 4.64. The Balaban J connectivity index is 1.37. The third-order valence-electron chi connectivity index (χ3n) is 6.47. The molecule has 1 atom stereocenters. The molecular weight excluding hydrogens is 416 g/mol. The number of aromatic nitrogens is 1. The monoisotopic (exact) mass is 440 g/mol. The fourth-order valence-corrected chi connectivity index (χ4v) is 4.88. The van der Waals surface area contributed by atoms with Crippen molar-refractivity contribution in [2.45, 2.75) is 18.9 Å². The molecule has 2 aliphatic rings. The van der Waals surface area contributed by atoms with Crippen LogP contribution in [0.5, 0.6) is 23.0 Å². The van der Waals surface area contributed by atoms with Crippen LogP contribution < -0.4 is 9.47 Å². The van der Waals surface area contributed by atoms with E-state index < -0.39 is 0 Å². The topological polar surface area (TPSA) is 78.0 Å². The Bertz CT molecular complexity index is 1370. The van der Waals surface area contributed by atoms with Gasteiger partial charge in [-0.1, -0.05) is 36.4 Å². The number of phenolic OH excluding ortho intramolecular Hbond substituents is 2. The van der Waals surface area contributed by atoms with Crippen molar-refractivity contribution in [1.29, 1.82) is 0 Å². The van der Waals surface area contributed by atoms with E-state index >= 15 is 0 Å². The lowest BCUT2D eigenvalue weighted by Gasteiger charge is -2.35. The molecule has 0 saturated heterocycles. The van der Waals surface area contributed by atoms with Crippen LogP contribution in [0.3, 0.4) is 0 Å². The zero-order valence-corrected chi connectivity index (χ0v) is 18.0. The van der Waals surface area contributed by atoms with Crippen LogP contribution in [0.1, 0.15) is 28.4 Å². The predicted octanol–water partition coefficient (Wildman–Crippen LogP) is 5.01. The number of benzene rings is 3. The maximum Gasteiger partial charge on any atom is 0.231 e. The first-order chi connectivity index (χ1) is 16.2. The number of ether oxygens (including phenoxy) is 2. The van der Waals surface area contributed by atoms with Crippen molar-refractivity contribution < 1.29 is 19.7 Å². The molecule has 6 rings (SSSR count). The molecule has 3 aromatic carbocycles. The van der Waals surface area contributed by atoms with Crippen LogP contribution in [-0.4, -0.2) is 33.4 Å². The Labute approximate surface area is 191 Å². The minimum atomic E-state index is -0.104. The van der Waals surface area contributed by atoms with Crippen molar-refractivity contribution in [3.05, 3.63) is 95.3 Å². The molecule has 0 radical (unpaired) electrons. The maximum atomic E-state index is 9.78. The van der Waals surface area contributed by atoms with E-state index in [0.29, 0.717) is 6.42 Å². The molecule has 0 fully saturated rings. The molecule has 4 aromatic rings. The molecule has 1 unspecified atom stereocenters. The molecule has 2 aliphatic heterocycles. The van der Waals surface area contributed by atoms with Crippen molar-refractivity contribution in [3.8, 4) is 23.0 Å². The third-order valence-corrected chi connectivity index (χ3v) is 6.47. The third kappa shape index (κ3) is 3.44. The minimum Gasteiger partial charge on any atom is -0.504 e. The van der Waals surface area contributed by atoms with Gasteiger partial charge < -0.3 is 29.6 Å². The summed E-state index contributed by atoms with van der Waals surface area (Å²) < 4.78 is 11.2. The number of aromatic hydroxyl groups is 2. The highest BCUT2D eigenvalue weighted by molar-refractivity contribution is 5.85. The molecule has 166 valence electrons. The number of nitrogens with zero attached hydrogens (tertiary/aromatic N) is 1. The van der Waals surface area contributed by atoms with Gasteiger partial charge >= 0.3 is 0 Å². The normalized spacial score (nSPS) is 17.1. The van der Waals surface area contributed by atoms with E-state index in [1.807, 2.05) is 12.1 Å². The van der Waals surface area contributed by atoms with Crippen molar-refractivity contribution >= 4 is 10.9 Å². The van der Waals surface area contributed by atoms with Gasteiger partial charge in [0, 0.05) is 23.1 Å². The van der Waals surface area contributed by atoms with Crippen LogP contribution in [0.4, 0.5) is 0 Å². The van der Waals surface area contributed by atoms with Gasteiger partial charge in [0.25, 0.3) is 0 Å². The lowest BCUT2D eigenvalue weighted by atomic mass is 9.92. The zero-order valence-electron chi connectivity index (χ0n) is 18.0. The molecule has 3 heterocycles. The van der Waals surface area contributed by atoms with Gasteiger partial charge in [0.1, 0.15) is 0 Å². The lowest BCUT2D eigenvalue weighted by molar-refractivity contribution is 0.174. The number of allylic oxidation sites excluding steroid dienone is 1. The Morgan fingerprint density at radius 3 is 2.76 bits per heavy atom. The predicted molar refractivity (Wildman–Crippen MR) is 126 cm³/mol. The highest BCUT2D eigenvalue weighted by Gasteiger charge is 2.31. The summed E-state index contributed by atoms with van der Waals surface area (Å²) in [5, 5.41) is 20.6. The van der Waals surface area contributed by atoms with Gasteiger partial charge in [-0.05, 0) is 66.1 Å². The van der Waals surface area contributed by atoms with E-state index in [9.17, 15) is 10.2 Å². The summed E-state index contributed by atoms with van der Waals surface area (Å²) in [5.74, 6) is 1.35. The molecule has 1 aromatic heterocycles. The zero-order chi connectivity index (χ0) is 22.4. The number of nitrogens with one attached hydrogen (secondary N) is 1. The molecule has 0 saturated carbocycles. The average Bonchev–Trinajstić information content (AvgIpc) is 3.45. The van der Waals surface area contributed by atoms with E-state index in [4.69, 9.17) is 9.47 Å². The van der Waals surface area contributed by atoms with Gasteiger partial charge in [0.2, 0.25) is 6.79 Å². The molecule has 0 aliphatic carbocycles. The van der Waals surface area contributed by atoms with Crippen LogP contribution in [0.15, 0.2) is 72.9 Å². The van der Waals surface area contributed by atoms with Crippen molar-refractivity contribution in [2.75, 3.05) is 13.3 Å². The van der Waals surface area contributed by atoms with Crippen LogP contribution in [0, 0.1) is 0 Å². The molecule has 0 bridgehead atoms. The van der Waals surface area contributed by atoms with Gasteiger partial charge in [-0.15, -0.1) is 0 Å². The summed E-state index contributed by atoms with van der Waals surface area (Å²) >= 11 is 0. The molecule has 0 amide bonds. The summed E-state index contributed by atoms with van der Waals surface area (Å²) in [6.07, 6.45) is 5.83. The van der Waals surface area contributed by atoms with Crippen LogP contribution in [-0.2, 0) is 12.8 Å². The second-order valence-electron chi connectivity index (χ2n) is 8.48. The van der Waals surface area contributed by atoms with Crippen LogP contribution >= 0.6 is 0 Å². The molecule has 3 N–H and O–H groups in total. The van der Waals surface area contributed by atoms with Gasteiger partial charge in [-0.25, -0.2) is 0 Å². The van der Waals surface area contributed by atoms with E-state index in [-0.39, 0.29) is 24.3 Å². The number of rotatable bonds is 4. The molecular formula is C27H24N2O4. The first-order valence-corrected chi connectivity index (χ1v) is 11.1. The van der Waals surface area contributed by atoms with Crippen molar-refractivity contribution in [3.63, 3.8) is 0 Å². The highest BCUT2D eigenvalue weighted by atomic mass is 16.7. The number of H-pyrrole nitrogens is 1. The molecule has 6 nitrogen and oxygen atoms in total. The van der Waals surface area contributed by atoms with Gasteiger partial charge in [-0.3, -0.25) is 0 Å². The van der Waals surface area contributed by atoms with Crippen LogP contribution in [0.2, 0.25) is 0 Å². The first-order valence-electron chi connectivity index (χ1n) is 11.1. The quantitative estimate of drug-likeness (QED) is 0.389. The fraction of sp³-hybridized carbons (Fsp3) is 0.185. The van der Waals surface area contributed by atoms with Gasteiger partial charge in [0.05, 0.1) is 6.04 Å². The minimum absolute atomic E-state index is 0.0140. The smallest absolute Gasteiger partial charge is 0.231 e. The lowest BCUT2D eigenvalue weighted by Crippen LogP contribution is -2.32. The Morgan fingerprint density at radius 1 is 0.970 bits per heavy atom. The number of fused-ring (bicyclic) bond motifs is 4. The SMILES string of the molecule is Oc1ccc(C/C=C/N2CCc3c([nH]c4ccccc34)C2c2ccc3c(c2)OCO3)cc1O. The Morgan fingerprint density at radius 2 is 1.85 bits per heavy atom. The molecule has 6 heteroatoms. The summed E-state index contributed by atoms with van der Waals surface area (Å²) in [4.78, 5) is 6.02. The number of hydrogen-bond donors (Lipinski definition) is 3. The standard InChI is InChI=1S/C27H24N2O4/c30-22-9-7-17(14-23(22)31)4-3-12-29-13-11-20-19-5-1-2-6-21(19)28-26(20)27(29)18-8-10-24-25(15-18)33-16-32-24/h1-3,5-10,12,14-15,27-28,30-31H,4,11,13,16H2/b12-3+. The van der Waals surface area contributed by atoms with E-state index in [1.54, 1.807) is 6.07 Å². The van der Waals surface area contributed by atoms with Crippen LogP contribution in [0.25, 0.3) is 10.9 Å². The summed E-state index contributed by atoms with van der Waals surface area (Å²) in [6, 6.07) is 19.6. The number of para-hydroxylation sites is 1. The molecule has 0 spiro atoms. The number of aromatic amines is 1. The largest absolute Gasteiger partial charge is 0.504 e. The summed E-state index contributed by atoms with van der Waals surface area (Å²) in [6.45, 7) is 1.13.